The van der Waals surface area contributed by atoms with Crippen molar-refractivity contribution in [3.8, 4) is 11.8 Å². The minimum absolute atomic E-state index is 0.0455. The lowest BCUT2D eigenvalue weighted by Gasteiger charge is -2.36. The number of hydrogen-bond donors (Lipinski definition) is 1. The van der Waals surface area contributed by atoms with Gasteiger partial charge >= 0.3 is 5.69 Å². The highest BCUT2D eigenvalue weighted by molar-refractivity contribution is 5.99. The molecule has 1 aliphatic heterocycles. The molecule has 0 spiro atoms. The number of para-hydroxylation sites is 2. The van der Waals surface area contributed by atoms with Crippen LogP contribution in [0.2, 0.25) is 0 Å². The molecule has 0 saturated carbocycles. The fraction of sp³-hybridized carbons (Fsp3) is 0.304. The second kappa shape index (κ2) is 7.89. The molecular weight excluding hydrogens is 414 g/mol. The molecule has 0 bridgehead atoms. The van der Waals surface area contributed by atoms with Crippen molar-refractivity contribution in [3.63, 3.8) is 0 Å². The average Bonchev–Trinajstić information content (AvgIpc) is 3.19. The van der Waals surface area contributed by atoms with E-state index in [2.05, 4.69) is 0 Å². The minimum atomic E-state index is -0.771. The molecule has 1 aromatic heterocycles. The number of ether oxygens (including phenoxy) is 2. The van der Waals surface area contributed by atoms with Gasteiger partial charge < -0.3 is 19.6 Å². The Morgan fingerprint density at radius 1 is 1.28 bits per heavy atom. The van der Waals surface area contributed by atoms with Gasteiger partial charge in [0.05, 0.1) is 10.8 Å². The number of carbonyl (C=O) groups is 1. The molecule has 2 N–H and O–H groups in total. The van der Waals surface area contributed by atoms with Crippen molar-refractivity contribution < 1.29 is 23.6 Å². The van der Waals surface area contributed by atoms with Crippen LogP contribution in [0.25, 0.3) is 0 Å². The molecular formula is C23H21N3O6. The Bertz CT molecular complexity index is 1210. The van der Waals surface area contributed by atoms with Gasteiger partial charge in [0.15, 0.2) is 11.5 Å². The lowest BCUT2D eigenvalue weighted by atomic mass is 9.71. The van der Waals surface area contributed by atoms with Crippen LogP contribution in [-0.2, 0) is 16.1 Å². The van der Waals surface area contributed by atoms with Crippen molar-refractivity contribution >= 4 is 11.5 Å². The maximum Gasteiger partial charge on any atom is 0.310 e. The monoisotopic (exact) mass is 435 g/mol. The van der Waals surface area contributed by atoms with Crippen molar-refractivity contribution in [2.45, 2.75) is 39.2 Å². The number of rotatable bonds is 5. The van der Waals surface area contributed by atoms with Crippen LogP contribution < -0.4 is 10.5 Å². The van der Waals surface area contributed by atoms with E-state index in [1.54, 1.807) is 24.3 Å². The van der Waals surface area contributed by atoms with Crippen LogP contribution in [0.15, 0.2) is 63.6 Å². The van der Waals surface area contributed by atoms with Gasteiger partial charge in [-0.25, -0.2) is 0 Å². The highest BCUT2D eigenvalue weighted by Gasteiger charge is 2.44. The normalized spacial score (nSPS) is 19.8. The second-order valence-electron chi connectivity index (χ2n) is 8.52. The summed E-state index contributed by atoms with van der Waals surface area (Å²) in [7, 11) is 0. The van der Waals surface area contributed by atoms with Gasteiger partial charge in [0.2, 0.25) is 5.88 Å². The van der Waals surface area contributed by atoms with E-state index in [1.165, 1.54) is 12.1 Å². The molecule has 1 aliphatic carbocycles. The number of nitrogens with two attached hydrogens (primary N) is 1. The van der Waals surface area contributed by atoms with Crippen molar-refractivity contribution in [1.29, 1.82) is 5.26 Å². The standard InChI is InChI=1S/C23H21N3O6/c1-23(2)9-16(27)21-19(10-23)32-22(25)14(11-24)20(21)18-8-7-13(31-18)12-30-17-6-4-3-5-15(17)26(28)29/h3-8,20H,9-10,12,25H2,1-2H3/t20-/m1/s1. The van der Waals surface area contributed by atoms with Gasteiger partial charge in [0.25, 0.3) is 0 Å². The Balaban J connectivity index is 1.64. The Kier molecular flexibility index (Phi) is 5.22. The number of furan rings is 1. The van der Waals surface area contributed by atoms with E-state index in [0.29, 0.717) is 35.7 Å². The number of benzene rings is 1. The summed E-state index contributed by atoms with van der Waals surface area (Å²) in [5.41, 5.74) is 6.06. The Morgan fingerprint density at radius 2 is 2.03 bits per heavy atom. The molecule has 0 unspecified atom stereocenters. The molecule has 0 fully saturated rings. The lowest BCUT2D eigenvalue weighted by Crippen LogP contribution is -2.33. The molecule has 0 saturated heterocycles. The first-order valence-corrected chi connectivity index (χ1v) is 9.99. The van der Waals surface area contributed by atoms with Crippen molar-refractivity contribution in [1.82, 2.24) is 0 Å². The predicted octanol–water partition coefficient (Wildman–Crippen LogP) is 4.22. The Morgan fingerprint density at radius 3 is 2.75 bits per heavy atom. The van der Waals surface area contributed by atoms with Crippen LogP contribution in [0.1, 0.15) is 44.1 Å². The van der Waals surface area contributed by atoms with Crippen molar-refractivity contribution in [2.75, 3.05) is 0 Å². The van der Waals surface area contributed by atoms with Crippen molar-refractivity contribution in [2.24, 2.45) is 11.1 Å². The van der Waals surface area contributed by atoms with Crippen LogP contribution in [0.5, 0.6) is 5.75 Å². The topological polar surface area (TPSA) is 142 Å². The van der Waals surface area contributed by atoms with Gasteiger partial charge in [-0.15, -0.1) is 0 Å². The molecule has 164 valence electrons. The molecule has 32 heavy (non-hydrogen) atoms. The summed E-state index contributed by atoms with van der Waals surface area (Å²) >= 11 is 0. The maximum atomic E-state index is 13.0. The largest absolute Gasteiger partial charge is 0.479 e. The summed E-state index contributed by atoms with van der Waals surface area (Å²) in [5.74, 6) is 0.374. The highest BCUT2D eigenvalue weighted by Crippen LogP contribution is 2.48. The number of nitriles is 1. The molecule has 4 rings (SSSR count). The quantitative estimate of drug-likeness (QED) is 0.543. The third-order valence-corrected chi connectivity index (χ3v) is 5.47. The van der Waals surface area contributed by atoms with Crippen molar-refractivity contribution in [3.05, 3.63) is 80.8 Å². The average molecular weight is 435 g/mol. The van der Waals surface area contributed by atoms with Crippen LogP contribution >= 0.6 is 0 Å². The number of hydrogen-bond acceptors (Lipinski definition) is 8. The molecule has 0 amide bonds. The van der Waals surface area contributed by atoms with Crippen LogP contribution in [0.3, 0.4) is 0 Å². The van der Waals surface area contributed by atoms with Gasteiger partial charge in [-0.05, 0) is 23.6 Å². The molecule has 2 heterocycles. The third kappa shape index (κ3) is 3.83. The molecule has 9 heteroatoms. The van der Waals surface area contributed by atoms with E-state index >= 15 is 0 Å². The van der Waals surface area contributed by atoms with Gasteiger partial charge in [-0.3, -0.25) is 14.9 Å². The van der Waals surface area contributed by atoms with E-state index in [9.17, 15) is 20.2 Å². The smallest absolute Gasteiger partial charge is 0.310 e. The Hall–Kier alpha value is -4.06. The van der Waals surface area contributed by atoms with Gasteiger partial charge in [0.1, 0.15) is 35.5 Å². The maximum absolute atomic E-state index is 13.0. The fourth-order valence-corrected chi connectivity index (χ4v) is 4.08. The third-order valence-electron chi connectivity index (χ3n) is 5.47. The van der Waals surface area contributed by atoms with Crippen LogP contribution in [-0.4, -0.2) is 10.7 Å². The molecule has 9 nitrogen and oxygen atoms in total. The number of nitro groups is 1. The van der Waals surface area contributed by atoms with E-state index < -0.39 is 10.8 Å². The highest BCUT2D eigenvalue weighted by atomic mass is 16.6. The van der Waals surface area contributed by atoms with Gasteiger partial charge in [-0.2, -0.15) is 5.26 Å². The SMILES string of the molecule is CC1(C)CC(=O)C2=C(C1)OC(N)=C(C#N)[C@@H]2c1ccc(COc2ccccc2[N+](=O)[O-])o1. The van der Waals surface area contributed by atoms with Gasteiger partial charge in [-0.1, -0.05) is 26.0 Å². The summed E-state index contributed by atoms with van der Waals surface area (Å²) < 4.78 is 17.1. The Labute approximate surface area is 183 Å². The number of ketones is 1. The van der Waals surface area contributed by atoms with Gasteiger partial charge in [0, 0.05) is 24.5 Å². The summed E-state index contributed by atoms with van der Waals surface area (Å²) in [5, 5.41) is 20.8. The van der Waals surface area contributed by atoms with Crippen LogP contribution in [0, 0.1) is 26.9 Å². The summed E-state index contributed by atoms with van der Waals surface area (Å²) in [6.07, 6.45) is 0.830. The van der Waals surface area contributed by atoms with Crippen LogP contribution in [0.4, 0.5) is 5.69 Å². The molecule has 2 aliphatic rings. The molecule has 2 aromatic rings. The summed E-state index contributed by atoms with van der Waals surface area (Å²) in [6.45, 7) is 3.87. The van der Waals surface area contributed by atoms with E-state index in [1.807, 2.05) is 19.9 Å². The first-order valence-electron chi connectivity index (χ1n) is 9.99. The van der Waals surface area contributed by atoms with E-state index in [4.69, 9.17) is 19.6 Å². The lowest BCUT2D eigenvalue weighted by molar-refractivity contribution is -0.386. The first-order chi connectivity index (χ1) is 15.2. The summed E-state index contributed by atoms with van der Waals surface area (Å²) in [6, 6.07) is 11.4. The number of nitrogens with zero attached hydrogens (tertiary/aromatic N) is 2. The predicted molar refractivity (Wildman–Crippen MR) is 112 cm³/mol. The second-order valence-corrected chi connectivity index (χ2v) is 8.52. The zero-order chi connectivity index (χ0) is 23.0. The zero-order valence-electron chi connectivity index (χ0n) is 17.6. The number of Topliss-reactive ketones (excluding diaryl/α,β-unsaturated/α-hetero) is 1. The molecule has 1 aromatic carbocycles. The minimum Gasteiger partial charge on any atom is -0.479 e. The first kappa shape index (κ1) is 21.2. The summed E-state index contributed by atoms with van der Waals surface area (Å²) in [4.78, 5) is 23.6. The number of nitro benzene ring substituents is 1. The van der Waals surface area contributed by atoms with E-state index in [-0.39, 0.29) is 40.7 Å². The number of carbonyl (C=O) groups excluding carboxylic acids is 1. The molecule has 1 atom stereocenters. The zero-order valence-corrected chi connectivity index (χ0v) is 17.6. The molecule has 0 radical (unpaired) electrons. The van der Waals surface area contributed by atoms with E-state index in [0.717, 1.165) is 0 Å². The fourth-order valence-electron chi connectivity index (χ4n) is 4.08. The number of allylic oxidation sites excluding steroid dienone is 3.